The van der Waals surface area contributed by atoms with E-state index < -0.39 is 6.10 Å². The molecule has 0 saturated heterocycles. The molecule has 0 aliphatic rings. The molecule has 0 radical (unpaired) electrons. The predicted molar refractivity (Wildman–Crippen MR) is 106 cm³/mol. The van der Waals surface area contributed by atoms with Crippen LogP contribution >= 0.6 is 0 Å². The van der Waals surface area contributed by atoms with Crippen molar-refractivity contribution in [2.45, 2.75) is 25.5 Å². The van der Waals surface area contributed by atoms with E-state index >= 15 is 0 Å². The summed E-state index contributed by atoms with van der Waals surface area (Å²) < 4.78 is 0. The molecule has 0 aliphatic heterocycles. The van der Waals surface area contributed by atoms with Gasteiger partial charge in [0.25, 0.3) is 5.91 Å². The number of aryl methyl sites for hydroxylation is 1. The van der Waals surface area contributed by atoms with Crippen molar-refractivity contribution in [3.63, 3.8) is 0 Å². The van der Waals surface area contributed by atoms with Gasteiger partial charge in [0, 0.05) is 24.0 Å². The molecule has 140 valence electrons. The van der Waals surface area contributed by atoms with Gasteiger partial charge in [-0.3, -0.25) is 9.89 Å². The quantitative estimate of drug-likeness (QED) is 0.470. The molecule has 0 aliphatic carbocycles. The Labute approximate surface area is 158 Å². The summed E-state index contributed by atoms with van der Waals surface area (Å²) in [6.07, 6.45) is 4.06. The number of rotatable bonds is 9. The summed E-state index contributed by atoms with van der Waals surface area (Å²) in [5.74, 6) is -0.201. The van der Waals surface area contributed by atoms with Crippen molar-refractivity contribution in [3.8, 4) is 0 Å². The molecule has 0 bridgehead atoms. The second-order valence-electron chi connectivity index (χ2n) is 6.43. The Morgan fingerprint density at radius 2 is 2.07 bits per heavy atom. The average molecular weight is 364 g/mol. The predicted octanol–water partition coefficient (Wildman–Crippen LogP) is 2.52. The van der Waals surface area contributed by atoms with Crippen LogP contribution in [-0.4, -0.2) is 33.9 Å². The van der Waals surface area contributed by atoms with Crippen LogP contribution < -0.4 is 10.6 Å². The number of carbonyl (C=O) groups excluding carboxylic acids is 1. The Morgan fingerprint density at radius 3 is 2.89 bits per heavy atom. The number of amides is 1. The number of fused-ring (bicyclic) bond motifs is 1. The van der Waals surface area contributed by atoms with Crippen LogP contribution in [-0.2, 0) is 13.0 Å². The number of benzene rings is 2. The van der Waals surface area contributed by atoms with Gasteiger partial charge in [0.2, 0.25) is 0 Å². The fourth-order valence-corrected chi connectivity index (χ4v) is 2.98. The van der Waals surface area contributed by atoms with E-state index in [2.05, 4.69) is 39.5 Å². The van der Waals surface area contributed by atoms with E-state index in [9.17, 15) is 9.90 Å². The fourth-order valence-electron chi connectivity index (χ4n) is 2.98. The molecule has 4 N–H and O–H groups in total. The molecule has 6 nitrogen and oxygen atoms in total. The zero-order chi connectivity index (χ0) is 19.1. The molecule has 0 unspecified atom stereocenters. The van der Waals surface area contributed by atoms with Gasteiger partial charge in [-0.2, -0.15) is 5.10 Å². The van der Waals surface area contributed by atoms with Gasteiger partial charge in [0.15, 0.2) is 0 Å². The Bertz CT molecular complexity index is 919. The lowest BCUT2D eigenvalue weighted by Crippen LogP contribution is -2.32. The lowest BCUT2D eigenvalue weighted by Gasteiger charge is -2.14. The number of aliphatic hydroxyl groups excluding tert-OH is 1. The molecule has 1 atom stereocenters. The molecule has 1 amide bonds. The Morgan fingerprint density at radius 1 is 1.26 bits per heavy atom. The zero-order valence-electron chi connectivity index (χ0n) is 15.1. The highest BCUT2D eigenvalue weighted by molar-refractivity contribution is 5.97. The number of hydrogen-bond donors (Lipinski definition) is 4. The van der Waals surface area contributed by atoms with Crippen LogP contribution in [0.1, 0.15) is 27.9 Å². The third kappa shape index (κ3) is 4.95. The minimum absolute atomic E-state index is 0.201. The smallest absolute Gasteiger partial charge is 0.251 e. The molecule has 1 heterocycles. The number of nitrogens with one attached hydrogen (secondary N) is 3. The van der Waals surface area contributed by atoms with E-state index in [4.69, 9.17) is 0 Å². The van der Waals surface area contributed by atoms with E-state index in [1.807, 2.05) is 18.2 Å². The zero-order valence-corrected chi connectivity index (χ0v) is 15.1. The Balaban J connectivity index is 1.50. The lowest BCUT2D eigenvalue weighted by atomic mass is 10.0. The topological polar surface area (TPSA) is 90.0 Å². The maximum absolute atomic E-state index is 12.3. The minimum atomic E-state index is -0.605. The van der Waals surface area contributed by atoms with Crippen LogP contribution in [0, 0.1) is 0 Å². The lowest BCUT2D eigenvalue weighted by molar-refractivity contribution is 0.0911. The Hall–Kier alpha value is -3.12. The van der Waals surface area contributed by atoms with Crippen LogP contribution in [0.15, 0.2) is 61.4 Å². The first-order valence-corrected chi connectivity index (χ1v) is 8.98. The molecule has 27 heavy (non-hydrogen) atoms. The van der Waals surface area contributed by atoms with Crippen molar-refractivity contribution in [2.75, 3.05) is 6.54 Å². The van der Waals surface area contributed by atoms with Gasteiger partial charge in [-0.15, -0.1) is 0 Å². The molecule has 0 spiro atoms. The van der Waals surface area contributed by atoms with Crippen LogP contribution in [0.3, 0.4) is 0 Å². The number of aromatic amines is 1. The molecule has 1 aromatic heterocycles. The molecular formula is C21H24N4O2. The normalized spacial score (nSPS) is 11.9. The van der Waals surface area contributed by atoms with Crippen LogP contribution in [0.25, 0.3) is 10.9 Å². The second kappa shape index (κ2) is 9.00. The SMILES string of the molecule is C=CNCc1ccccc1CC[C@H](O)CNC(=O)c1ccc2[nH]ncc2c1. The van der Waals surface area contributed by atoms with Crippen molar-refractivity contribution in [3.05, 3.63) is 78.1 Å². The summed E-state index contributed by atoms with van der Waals surface area (Å²) in [5.41, 5.74) is 3.80. The van der Waals surface area contributed by atoms with Crippen LogP contribution in [0.2, 0.25) is 0 Å². The largest absolute Gasteiger partial charge is 0.391 e. The van der Waals surface area contributed by atoms with E-state index in [-0.39, 0.29) is 12.5 Å². The van der Waals surface area contributed by atoms with Gasteiger partial charge in [-0.25, -0.2) is 0 Å². The van der Waals surface area contributed by atoms with Crippen molar-refractivity contribution >= 4 is 16.8 Å². The summed E-state index contributed by atoms with van der Waals surface area (Å²) in [5, 5.41) is 23.8. The van der Waals surface area contributed by atoms with Crippen molar-refractivity contribution in [2.24, 2.45) is 0 Å². The highest BCUT2D eigenvalue weighted by Gasteiger charge is 2.11. The van der Waals surface area contributed by atoms with Crippen molar-refractivity contribution < 1.29 is 9.90 Å². The third-order valence-electron chi connectivity index (χ3n) is 4.50. The molecule has 0 fully saturated rings. The van der Waals surface area contributed by atoms with Gasteiger partial charge < -0.3 is 15.7 Å². The number of aromatic nitrogens is 2. The van der Waals surface area contributed by atoms with Crippen molar-refractivity contribution in [1.29, 1.82) is 0 Å². The van der Waals surface area contributed by atoms with Gasteiger partial charge in [-0.05, 0) is 48.4 Å². The summed E-state index contributed by atoms with van der Waals surface area (Å²) >= 11 is 0. The van der Waals surface area contributed by atoms with Gasteiger partial charge in [0.1, 0.15) is 0 Å². The first-order chi connectivity index (χ1) is 13.2. The number of aliphatic hydroxyl groups is 1. The number of carbonyl (C=O) groups is 1. The second-order valence-corrected chi connectivity index (χ2v) is 6.43. The molecule has 3 rings (SSSR count). The van der Waals surface area contributed by atoms with Crippen molar-refractivity contribution in [1.82, 2.24) is 20.8 Å². The van der Waals surface area contributed by atoms with E-state index in [0.29, 0.717) is 18.5 Å². The van der Waals surface area contributed by atoms with Gasteiger partial charge in [0.05, 0.1) is 17.8 Å². The van der Waals surface area contributed by atoms with E-state index in [1.165, 1.54) is 11.1 Å². The highest BCUT2D eigenvalue weighted by atomic mass is 16.3. The monoisotopic (exact) mass is 364 g/mol. The fraction of sp³-hybridized carbons (Fsp3) is 0.238. The van der Waals surface area contributed by atoms with E-state index in [1.54, 1.807) is 24.5 Å². The first-order valence-electron chi connectivity index (χ1n) is 8.98. The standard InChI is InChI=1S/C21H24N4O2/c1-2-22-12-17-6-4-3-5-15(17)7-9-19(26)14-23-21(27)16-8-10-20-18(11-16)13-24-25-20/h2-6,8,10-11,13,19,22,26H,1,7,9,12,14H2,(H,23,27)(H,24,25)/t19-/m0/s1. The number of hydrogen-bond acceptors (Lipinski definition) is 4. The molecule has 0 saturated carbocycles. The summed E-state index contributed by atoms with van der Waals surface area (Å²) in [6.45, 7) is 4.59. The molecule has 2 aromatic carbocycles. The average Bonchev–Trinajstić information content (AvgIpc) is 3.17. The summed E-state index contributed by atoms with van der Waals surface area (Å²) in [4.78, 5) is 12.3. The molecule has 6 heteroatoms. The van der Waals surface area contributed by atoms with E-state index in [0.717, 1.165) is 17.3 Å². The third-order valence-corrected chi connectivity index (χ3v) is 4.50. The number of H-pyrrole nitrogens is 1. The van der Waals surface area contributed by atoms with Gasteiger partial charge in [-0.1, -0.05) is 30.8 Å². The van der Waals surface area contributed by atoms with Gasteiger partial charge >= 0.3 is 0 Å². The summed E-state index contributed by atoms with van der Waals surface area (Å²) in [6, 6.07) is 13.5. The van der Waals surface area contributed by atoms with Crippen LogP contribution in [0.4, 0.5) is 0 Å². The molecular weight excluding hydrogens is 340 g/mol. The minimum Gasteiger partial charge on any atom is -0.391 e. The molecule has 3 aromatic rings. The van der Waals surface area contributed by atoms with Crippen LogP contribution in [0.5, 0.6) is 0 Å². The summed E-state index contributed by atoms with van der Waals surface area (Å²) in [7, 11) is 0. The Kier molecular flexibility index (Phi) is 6.22. The maximum atomic E-state index is 12.3. The number of nitrogens with zero attached hydrogens (tertiary/aromatic N) is 1. The first kappa shape index (κ1) is 18.7. The maximum Gasteiger partial charge on any atom is 0.251 e. The highest BCUT2D eigenvalue weighted by Crippen LogP contribution is 2.14.